The highest BCUT2D eigenvalue weighted by atomic mass is 32.1. The van der Waals surface area contributed by atoms with Crippen LogP contribution in [-0.2, 0) is 16.8 Å². The zero-order chi connectivity index (χ0) is 28.6. The van der Waals surface area contributed by atoms with Crippen molar-refractivity contribution in [1.29, 1.82) is 0 Å². The molecule has 0 saturated carbocycles. The Bertz CT molecular complexity index is 1650. The summed E-state index contributed by atoms with van der Waals surface area (Å²) in [5.41, 5.74) is 5.45. The first kappa shape index (κ1) is 27.3. The lowest BCUT2D eigenvalue weighted by Crippen LogP contribution is -2.32. The monoisotopic (exact) mass is 566 g/mol. The molecular weight excluding hydrogens is 532 g/mol. The number of rotatable bonds is 6. The molecule has 3 aromatic heterocycles. The molecule has 2 unspecified atom stereocenters. The van der Waals surface area contributed by atoms with Crippen molar-refractivity contribution in [1.82, 2.24) is 15.0 Å². The van der Waals surface area contributed by atoms with Crippen LogP contribution in [0.5, 0.6) is 0 Å². The van der Waals surface area contributed by atoms with Crippen molar-refractivity contribution >= 4 is 34.5 Å². The van der Waals surface area contributed by atoms with Crippen LogP contribution in [0.4, 0.5) is 11.6 Å². The van der Waals surface area contributed by atoms with Gasteiger partial charge in [-0.1, -0.05) is 19.1 Å². The zero-order valence-electron chi connectivity index (χ0n) is 23.6. The molecule has 6 rings (SSSR count). The third-order valence-electron chi connectivity index (χ3n) is 8.02. The average molecular weight is 567 g/mol. The molecule has 0 spiro atoms. The van der Waals surface area contributed by atoms with Gasteiger partial charge in [0.2, 0.25) is 0 Å². The maximum Gasteiger partial charge on any atom is 0.337 e. The molecule has 210 valence electrons. The zero-order valence-corrected chi connectivity index (χ0v) is 24.4. The van der Waals surface area contributed by atoms with Crippen molar-refractivity contribution < 1.29 is 14.6 Å². The van der Waals surface area contributed by atoms with Gasteiger partial charge in [0.15, 0.2) is 0 Å². The highest BCUT2D eigenvalue weighted by Gasteiger charge is 2.39. The van der Waals surface area contributed by atoms with E-state index in [1.807, 2.05) is 37.4 Å². The number of ether oxygens (including phenoxy) is 1. The van der Waals surface area contributed by atoms with Gasteiger partial charge in [0.1, 0.15) is 22.2 Å². The second kappa shape index (κ2) is 11.2. The average Bonchev–Trinajstić information content (AvgIpc) is 3.48. The number of aromatic nitrogens is 3. The van der Waals surface area contributed by atoms with Crippen molar-refractivity contribution in [3.05, 3.63) is 93.8 Å². The van der Waals surface area contributed by atoms with E-state index in [1.165, 1.54) is 42.4 Å². The Morgan fingerprint density at radius 3 is 2.80 bits per heavy atom. The molecule has 2 N–H and O–H groups in total. The Morgan fingerprint density at radius 1 is 1.10 bits per heavy atom. The predicted octanol–water partition coefficient (Wildman–Crippen LogP) is 7.21. The van der Waals surface area contributed by atoms with Gasteiger partial charge >= 0.3 is 5.97 Å². The summed E-state index contributed by atoms with van der Waals surface area (Å²) in [5.74, 6) is 1.69. The summed E-state index contributed by atoms with van der Waals surface area (Å²) in [7, 11) is 1.37. The second-order valence-corrected chi connectivity index (χ2v) is 12.2. The summed E-state index contributed by atoms with van der Waals surface area (Å²) in [6.45, 7) is 4.31. The minimum absolute atomic E-state index is 0.379. The number of carbonyl (C=O) groups excluding carboxylic acids is 1. The molecule has 2 aliphatic rings. The van der Waals surface area contributed by atoms with Gasteiger partial charge in [-0.25, -0.2) is 19.7 Å². The summed E-state index contributed by atoms with van der Waals surface area (Å²) in [6.07, 6.45) is 11.7. The van der Waals surface area contributed by atoms with Crippen molar-refractivity contribution in [2.45, 2.75) is 58.0 Å². The molecule has 0 saturated heterocycles. The quantitative estimate of drug-likeness (QED) is 0.238. The van der Waals surface area contributed by atoms with Crippen LogP contribution < -0.4 is 5.32 Å². The van der Waals surface area contributed by atoms with Crippen LogP contribution in [0.1, 0.15) is 76.6 Å². The fourth-order valence-corrected chi connectivity index (χ4v) is 6.99. The summed E-state index contributed by atoms with van der Waals surface area (Å²) in [6, 6.07) is 13.6. The number of hydrogen-bond acceptors (Lipinski definition) is 8. The number of fused-ring (bicyclic) bond motifs is 1. The lowest BCUT2D eigenvalue weighted by molar-refractivity contribution is 0.0583. The van der Waals surface area contributed by atoms with Crippen LogP contribution in [0, 0.1) is 12.8 Å². The van der Waals surface area contributed by atoms with E-state index in [4.69, 9.17) is 9.72 Å². The SMILES string of the molecule is COC(=O)c1ccc2c(c1)CCCC2(O)c1ncc(-c2cc(C)cc(Nc3cc(C4=CC(C)CCC4)ccn3)n2)s1. The highest BCUT2D eigenvalue weighted by molar-refractivity contribution is 7.15. The van der Waals surface area contributed by atoms with Gasteiger partial charge in [0.25, 0.3) is 0 Å². The third kappa shape index (κ3) is 5.54. The largest absolute Gasteiger partial charge is 0.465 e. The maximum absolute atomic E-state index is 12.0. The molecule has 7 nitrogen and oxygen atoms in total. The van der Waals surface area contributed by atoms with Gasteiger partial charge in [-0.2, -0.15) is 0 Å². The fraction of sp³-hybridized carbons (Fsp3) is 0.333. The lowest BCUT2D eigenvalue weighted by atomic mass is 9.79. The topological polar surface area (TPSA) is 97.2 Å². The number of aryl methyl sites for hydroxylation is 2. The molecule has 2 aliphatic carbocycles. The van der Waals surface area contributed by atoms with Crippen LogP contribution in [0.25, 0.3) is 16.1 Å². The molecule has 4 aromatic rings. The number of thiazole rings is 1. The number of esters is 1. The van der Waals surface area contributed by atoms with Crippen LogP contribution in [0.15, 0.2) is 60.9 Å². The summed E-state index contributed by atoms with van der Waals surface area (Å²) >= 11 is 1.45. The summed E-state index contributed by atoms with van der Waals surface area (Å²) < 4.78 is 4.88. The number of pyridine rings is 2. The van der Waals surface area contributed by atoms with Crippen LogP contribution >= 0.6 is 11.3 Å². The number of benzene rings is 1. The Morgan fingerprint density at radius 2 is 1.98 bits per heavy atom. The molecule has 8 heteroatoms. The smallest absolute Gasteiger partial charge is 0.337 e. The van der Waals surface area contributed by atoms with Crippen molar-refractivity contribution in [2.24, 2.45) is 5.92 Å². The lowest BCUT2D eigenvalue weighted by Gasteiger charge is -2.33. The standard InChI is InChI=1S/C33H34N4O3S/c1-20-6-4-7-22(14-20)23-11-13-34-29(18-23)37-30-16-21(2)15-27(36-30)28-19-35-32(41-28)33(39)12-5-8-24-17-25(31(38)40-3)9-10-26(24)33/h9-11,13-20,39H,4-8,12H2,1-3H3,(H,34,36,37). The van der Waals surface area contributed by atoms with Crippen LogP contribution in [0.2, 0.25) is 0 Å². The molecule has 0 amide bonds. The Kier molecular flexibility index (Phi) is 7.45. The van der Waals surface area contributed by atoms with Crippen molar-refractivity contribution in [3.63, 3.8) is 0 Å². The molecule has 0 fully saturated rings. The van der Waals surface area contributed by atoms with E-state index < -0.39 is 5.60 Å². The van der Waals surface area contributed by atoms with Crippen molar-refractivity contribution in [3.8, 4) is 10.6 Å². The predicted molar refractivity (Wildman–Crippen MR) is 162 cm³/mol. The molecule has 0 radical (unpaired) electrons. The number of aliphatic hydroxyl groups is 1. The van der Waals surface area contributed by atoms with E-state index in [0.29, 0.717) is 28.7 Å². The van der Waals surface area contributed by atoms with Crippen LogP contribution in [0.3, 0.4) is 0 Å². The van der Waals surface area contributed by atoms with E-state index in [2.05, 4.69) is 40.4 Å². The first-order valence-corrected chi connectivity index (χ1v) is 15.0. The van der Waals surface area contributed by atoms with E-state index in [-0.39, 0.29) is 5.97 Å². The number of nitrogens with zero attached hydrogens (tertiary/aromatic N) is 3. The minimum Gasteiger partial charge on any atom is -0.465 e. The minimum atomic E-state index is -1.22. The van der Waals surface area contributed by atoms with E-state index in [1.54, 1.807) is 12.3 Å². The number of anilines is 2. The van der Waals surface area contributed by atoms with E-state index in [0.717, 1.165) is 52.3 Å². The molecule has 0 bridgehead atoms. The normalized spacial score (nSPS) is 20.2. The molecule has 0 aliphatic heterocycles. The Labute approximate surface area is 244 Å². The molecule has 1 aromatic carbocycles. The third-order valence-corrected chi connectivity index (χ3v) is 9.19. The number of methoxy groups -OCH3 is 1. The van der Waals surface area contributed by atoms with Gasteiger partial charge < -0.3 is 15.2 Å². The highest BCUT2D eigenvalue weighted by Crippen LogP contribution is 2.44. The Hall–Kier alpha value is -3.88. The van der Waals surface area contributed by atoms with Gasteiger partial charge in [-0.3, -0.25) is 0 Å². The maximum atomic E-state index is 12.0. The van der Waals surface area contributed by atoms with Crippen LogP contribution in [-0.4, -0.2) is 33.1 Å². The number of allylic oxidation sites excluding steroid dienone is 2. The number of hydrogen-bond donors (Lipinski definition) is 2. The molecule has 2 atom stereocenters. The molecule has 41 heavy (non-hydrogen) atoms. The van der Waals surface area contributed by atoms with Gasteiger partial charge in [0.05, 0.1) is 23.2 Å². The molecular formula is C33H34N4O3S. The van der Waals surface area contributed by atoms with Gasteiger partial charge in [-0.05, 0) is 116 Å². The van der Waals surface area contributed by atoms with Gasteiger partial charge in [0, 0.05) is 12.4 Å². The number of carbonyl (C=O) groups is 1. The Balaban J connectivity index is 1.27. The first-order chi connectivity index (χ1) is 19.8. The fourth-order valence-electron chi connectivity index (χ4n) is 5.98. The summed E-state index contributed by atoms with van der Waals surface area (Å²) in [5, 5.41) is 15.9. The van der Waals surface area contributed by atoms with E-state index >= 15 is 0 Å². The first-order valence-electron chi connectivity index (χ1n) is 14.2. The number of nitrogens with one attached hydrogen (secondary N) is 1. The van der Waals surface area contributed by atoms with Gasteiger partial charge in [-0.15, -0.1) is 11.3 Å². The van der Waals surface area contributed by atoms with Crippen molar-refractivity contribution in [2.75, 3.05) is 12.4 Å². The second-order valence-electron chi connectivity index (χ2n) is 11.1. The summed E-state index contributed by atoms with van der Waals surface area (Å²) in [4.78, 5) is 27.0. The molecule has 3 heterocycles. The van der Waals surface area contributed by atoms with E-state index in [9.17, 15) is 9.90 Å².